The van der Waals surface area contributed by atoms with E-state index in [4.69, 9.17) is 12.2 Å². The summed E-state index contributed by atoms with van der Waals surface area (Å²) in [6.07, 6.45) is 0. The fourth-order valence-corrected chi connectivity index (χ4v) is 1.94. The number of H-pyrrole nitrogens is 1. The van der Waals surface area contributed by atoms with Crippen LogP contribution in [0.25, 0.3) is 10.9 Å². The van der Waals surface area contributed by atoms with Crippen molar-refractivity contribution in [2.24, 2.45) is 7.05 Å². The second kappa shape index (κ2) is 3.33. The lowest BCUT2D eigenvalue weighted by molar-refractivity contribution is 0.824. The second-order valence-corrected chi connectivity index (χ2v) is 4.20. The Morgan fingerprint density at radius 2 is 2.21 bits per heavy atom. The van der Waals surface area contributed by atoms with E-state index >= 15 is 0 Å². The topological polar surface area (TPSA) is 37.8 Å². The van der Waals surface area contributed by atoms with Crippen LogP contribution >= 0.6 is 28.1 Å². The normalized spacial score (nSPS) is 10.7. The molecular formula is C9H7BrN2OS. The molecule has 0 unspecified atom stereocenters. The van der Waals surface area contributed by atoms with Crippen LogP contribution in [0.4, 0.5) is 0 Å². The van der Waals surface area contributed by atoms with Crippen LogP contribution in [0.3, 0.4) is 0 Å². The largest absolute Gasteiger partial charge is 0.331 e. The number of nitrogens with zero attached hydrogens (tertiary/aromatic N) is 1. The van der Waals surface area contributed by atoms with Gasteiger partial charge in [0.15, 0.2) is 4.77 Å². The maximum absolute atomic E-state index is 11.8. The molecule has 1 N–H and O–H groups in total. The molecule has 0 bridgehead atoms. The molecule has 2 rings (SSSR count). The number of hydrogen-bond donors (Lipinski definition) is 1. The van der Waals surface area contributed by atoms with Crippen LogP contribution in [0.2, 0.25) is 0 Å². The third-order valence-corrected chi connectivity index (χ3v) is 3.12. The average Bonchev–Trinajstić information content (AvgIpc) is 2.17. The van der Waals surface area contributed by atoms with E-state index in [0.29, 0.717) is 10.2 Å². The maximum atomic E-state index is 11.8. The predicted molar refractivity (Wildman–Crippen MR) is 62.1 cm³/mol. The van der Waals surface area contributed by atoms with Crippen molar-refractivity contribution in [3.8, 4) is 0 Å². The van der Waals surface area contributed by atoms with E-state index in [1.165, 1.54) is 4.57 Å². The Balaban J connectivity index is 3.14. The van der Waals surface area contributed by atoms with E-state index in [-0.39, 0.29) is 5.56 Å². The summed E-state index contributed by atoms with van der Waals surface area (Å²) in [6.45, 7) is 0. The number of fused-ring (bicyclic) bond motifs is 1. The van der Waals surface area contributed by atoms with E-state index in [9.17, 15) is 4.79 Å². The van der Waals surface area contributed by atoms with Crippen molar-refractivity contribution in [1.29, 1.82) is 0 Å². The highest BCUT2D eigenvalue weighted by Crippen LogP contribution is 2.18. The first-order valence-corrected chi connectivity index (χ1v) is 5.19. The Morgan fingerprint density at radius 1 is 1.50 bits per heavy atom. The minimum atomic E-state index is -0.0787. The van der Waals surface area contributed by atoms with Gasteiger partial charge in [0.1, 0.15) is 0 Å². The van der Waals surface area contributed by atoms with Crippen molar-refractivity contribution in [3.05, 3.63) is 37.8 Å². The van der Waals surface area contributed by atoms with Gasteiger partial charge in [0.25, 0.3) is 5.56 Å². The summed E-state index contributed by atoms with van der Waals surface area (Å²) in [5.74, 6) is 0. The minimum Gasteiger partial charge on any atom is -0.331 e. The molecular weight excluding hydrogens is 264 g/mol. The maximum Gasteiger partial charge on any atom is 0.261 e. The Labute approximate surface area is 93.5 Å². The van der Waals surface area contributed by atoms with E-state index in [1.807, 2.05) is 12.1 Å². The quantitative estimate of drug-likeness (QED) is 0.747. The Morgan fingerprint density at radius 3 is 2.93 bits per heavy atom. The van der Waals surface area contributed by atoms with Gasteiger partial charge in [-0.3, -0.25) is 9.36 Å². The first kappa shape index (κ1) is 9.61. The Kier molecular flexibility index (Phi) is 2.28. The molecule has 72 valence electrons. The predicted octanol–water partition coefficient (Wildman–Crippen LogP) is 2.36. The van der Waals surface area contributed by atoms with Crippen molar-refractivity contribution in [2.45, 2.75) is 0 Å². The number of hydrogen-bond acceptors (Lipinski definition) is 2. The van der Waals surface area contributed by atoms with Gasteiger partial charge in [-0.15, -0.1) is 0 Å². The second-order valence-electron chi connectivity index (χ2n) is 2.96. The lowest BCUT2D eigenvalue weighted by atomic mass is 10.2. The smallest absolute Gasteiger partial charge is 0.261 e. The van der Waals surface area contributed by atoms with Gasteiger partial charge >= 0.3 is 0 Å². The highest BCUT2D eigenvalue weighted by Gasteiger charge is 2.04. The molecule has 0 saturated heterocycles. The number of aromatic amines is 1. The molecule has 0 atom stereocenters. The third-order valence-electron chi connectivity index (χ3n) is 2.09. The average molecular weight is 271 g/mol. The number of halogens is 1. The molecule has 1 aromatic carbocycles. The van der Waals surface area contributed by atoms with E-state index < -0.39 is 0 Å². The molecule has 0 aliphatic carbocycles. The van der Waals surface area contributed by atoms with Crippen molar-refractivity contribution in [3.63, 3.8) is 0 Å². The van der Waals surface area contributed by atoms with E-state index in [2.05, 4.69) is 20.9 Å². The van der Waals surface area contributed by atoms with Gasteiger partial charge < -0.3 is 4.98 Å². The summed E-state index contributed by atoms with van der Waals surface area (Å²) in [7, 11) is 1.65. The first-order chi connectivity index (χ1) is 6.61. The fourth-order valence-electron chi connectivity index (χ4n) is 1.29. The molecule has 0 spiro atoms. The summed E-state index contributed by atoms with van der Waals surface area (Å²) in [5, 5.41) is 0.635. The summed E-state index contributed by atoms with van der Waals surface area (Å²) >= 11 is 8.38. The fraction of sp³-hybridized carbons (Fsp3) is 0.111. The van der Waals surface area contributed by atoms with Gasteiger partial charge in [0.05, 0.1) is 10.9 Å². The number of benzene rings is 1. The molecule has 0 radical (unpaired) electrons. The van der Waals surface area contributed by atoms with Gasteiger partial charge in [-0.25, -0.2) is 0 Å². The SMILES string of the molecule is Cn1c(=S)[nH]c2c(Br)cccc2c1=O. The van der Waals surface area contributed by atoms with Crippen LogP contribution in [0.5, 0.6) is 0 Å². The van der Waals surface area contributed by atoms with E-state index in [0.717, 1.165) is 9.99 Å². The minimum absolute atomic E-state index is 0.0787. The van der Waals surface area contributed by atoms with Crippen LogP contribution in [0.15, 0.2) is 27.5 Å². The molecule has 2 aromatic rings. The monoisotopic (exact) mass is 270 g/mol. The molecule has 0 fully saturated rings. The summed E-state index contributed by atoms with van der Waals surface area (Å²) in [6, 6.07) is 5.46. The third kappa shape index (κ3) is 1.33. The van der Waals surface area contributed by atoms with Crippen LogP contribution in [-0.2, 0) is 7.05 Å². The molecule has 14 heavy (non-hydrogen) atoms. The summed E-state index contributed by atoms with van der Waals surface area (Å²) < 4.78 is 2.69. The van der Waals surface area contributed by atoms with Crippen LogP contribution in [0.1, 0.15) is 0 Å². The molecule has 3 nitrogen and oxygen atoms in total. The molecule has 0 aliphatic heterocycles. The zero-order valence-electron chi connectivity index (χ0n) is 7.37. The van der Waals surface area contributed by atoms with Gasteiger partial charge in [-0.1, -0.05) is 6.07 Å². The van der Waals surface area contributed by atoms with Crippen molar-refractivity contribution < 1.29 is 0 Å². The summed E-state index contributed by atoms with van der Waals surface area (Å²) in [4.78, 5) is 14.8. The van der Waals surface area contributed by atoms with Crippen molar-refractivity contribution >= 4 is 39.1 Å². The van der Waals surface area contributed by atoms with Crippen molar-refractivity contribution in [1.82, 2.24) is 9.55 Å². The number of aromatic nitrogens is 2. The highest BCUT2D eigenvalue weighted by molar-refractivity contribution is 9.10. The zero-order chi connectivity index (χ0) is 10.3. The summed E-state index contributed by atoms with van der Waals surface area (Å²) in [5.41, 5.74) is 0.672. The van der Waals surface area contributed by atoms with Crippen molar-refractivity contribution in [2.75, 3.05) is 0 Å². The number of rotatable bonds is 0. The van der Waals surface area contributed by atoms with Gasteiger partial charge in [0.2, 0.25) is 0 Å². The van der Waals surface area contributed by atoms with Crippen LogP contribution in [-0.4, -0.2) is 9.55 Å². The zero-order valence-corrected chi connectivity index (χ0v) is 9.78. The number of nitrogens with one attached hydrogen (secondary N) is 1. The molecule has 0 aliphatic rings. The standard InChI is InChI=1S/C9H7BrN2OS/c1-12-8(13)5-3-2-4-6(10)7(5)11-9(12)14/h2-4H,1H3,(H,11,14). The van der Waals surface area contributed by atoms with Crippen LogP contribution < -0.4 is 5.56 Å². The molecule has 0 saturated carbocycles. The van der Waals surface area contributed by atoms with Gasteiger partial charge in [-0.05, 0) is 40.3 Å². The molecule has 5 heteroatoms. The van der Waals surface area contributed by atoms with Crippen LogP contribution in [0, 0.1) is 4.77 Å². The van der Waals surface area contributed by atoms with Gasteiger partial charge in [-0.2, -0.15) is 0 Å². The molecule has 1 aromatic heterocycles. The lowest BCUT2D eigenvalue weighted by Gasteiger charge is -2.03. The Hall–Kier alpha value is -0.940. The lowest BCUT2D eigenvalue weighted by Crippen LogP contribution is -2.18. The number of para-hydroxylation sites is 1. The first-order valence-electron chi connectivity index (χ1n) is 3.99. The van der Waals surface area contributed by atoms with E-state index in [1.54, 1.807) is 13.1 Å². The Bertz CT molecular complexity index is 614. The molecule has 1 heterocycles. The highest BCUT2D eigenvalue weighted by atomic mass is 79.9. The molecule has 0 amide bonds. The van der Waals surface area contributed by atoms with Gasteiger partial charge in [0, 0.05) is 11.5 Å².